The molecule has 0 saturated heterocycles. The van der Waals surface area contributed by atoms with Gasteiger partial charge in [-0.2, -0.15) is 0 Å². The second-order valence-electron chi connectivity index (χ2n) is 2.73. The Morgan fingerprint density at radius 2 is 2.08 bits per heavy atom. The van der Waals surface area contributed by atoms with Crippen molar-refractivity contribution in [3.05, 3.63) is 34.5 Å². The molecule has 0 aliphatic heterocycles. The first-order chi connectivity index (χ1) is 6.42. The van der Waals surface area contributed by atoms with E-state index in [0.717, 1.165) is 6.42 Å². The summed E-state index contributed by atoms with van der Waals surface area (Å²) in [5.74, 6) is 0. The van der Waals surface area contributed by atoms with Crippen LogP contribution in [0.3, 0.4) is 0 Å². The molecule has 0 fully saturated rings. The Morgan fingerprint density at radius 1 is 1.15 bits per heavy atom. The van der Waals surface area contributed by atoms with Gasteiger partial charge in [0.25, 0.3) is 0 Å². The standard InChI is InChI=1S/C10H10OS2/c11-5-3-8-4-7-13-10(8)9-2-1-6-12-9/h1-2,4,6-7,11H,3,5H2. The molecule has 2 aromatic rings. The third-order valence-electron chi connectivity index (χ3n) is 1.87. The Labute approximate surface area is 85.3 Å². The zero-order chi connectivity index (χ0) is 9.10. The Morgan fingerprint density at radius 3 is 2.77 bits per heavy atom. The molecule has 13 heavy (non-hydrogen) atoms. The minimum atomic E-state index is 0.231. The normalized spacial score (nSPS) is 10.5. The maximum absolute atomic E-state index is 8.87. The number of hydrogen-bond donors (Lipinski definition) is 1. The average Bonchev–Trinajstić information content (AvgIpc) is 2.71. The van der Waals surface area contributed by atoms with Gasteiger partial charge in [-0.3, -0.25) is 0 Å². The lowest BCUT2D eigenvalue weighted by Gasteiger charge is -1.97. The van der Waals surface area contributed by atoms with Gasteiger partial charge < -0.3 is 5.11 Å². The monoisotopic (exact) mass is 210 g/mol. The molecule has 2 aromatic heterocycles. The van der Waals surface area contributed by atoms with Crippen LogP contribution in [-0.2, 0) is 6.42 Å². The fourth-order valence-corrected chi connectivity index (χ4v) is 3.14. The number of thiophene rings is 2. The van der Waals surface area contributed by atoms with Gasteiger partial charge in [-0.05, 0) is 34.9 Å². The lowest BCUT2D eigenvalue weighted by Crippen LogP contribution is -1.88. The lowest BCUT2D eigenvalue weighted by molar-refractivity contribution is 0.300. The third kappa shape index (κ3) is 1.82. The molecule has 0 radical (unpaired) electrons. The summed E-state index contributed by atoms with van der Waals surface area (Å²) in [5, 5.41) is 13.0. The third-order valence-corrected chi connectivity index (χ3v) is 3.88. The van der Waals surface area contributed by atoms with Gasteiger partial charge >= 0.3 is 0 Å². The molecule has 0 bridgehead atoms. The first-order valence-corrected chi connectivity index (χ1v) is 5.89. The van der Waals surface area contributed by atoms with Crippen LogP contribution in [0, 0.1) is 0 Å². The SMILES string of the molecule is OCCc1ccsc1-c1cccs1. The molecule has 1 nitrogen and oxygen atoms in total. The molecule has 0 spiro atoms. The Balaban J connectivity index is 2.35. The van der Waals surface area contributed by atoms with Gasteiger partial charge in [0.1, 0.15) is 0 Å². The highest BCUT2D eigenvalue weighted by molar-refractivity contribution is 7.20. The van der Waals surface area contributed by atoms with Crippen molar-refractivity contribution in [2.24, 2.45) is 0 Å². The predicted octanol–water partition coefficient (Wildman–Crippen LogP) is 3.01. The van der Waals surface area contributed by atoms with Crippen LogP contribution in [0.1, 0.15) is 5.56 Å². The summed E-state index contributed by atoms with van der Waals surface area (Å²) in [6.07, 6.45) is 0.761. The molecule has 0 aliphatic carbocycles. The van der Waals surface area contributed by atoms with E-state index in [9.17, 15) is 0 Å². The average molecular weight is 210 g/mol. The summed E-state index contributed by atoms with van der Waals surface area (Å²) >= 11 is 3.50. The van der Waals surface area contributed by atoms with E-state index in [1.807, 2.05) is 0 Å². The zero-order valence-corrected chi connectivity index (χ0v) is 8.70. The molecule has 2 heterocycles. The highest BCUT2D eigenvalue weighted by Crippen LogP contribution is 2.32. The zero-order valence-electron chi connectivity index (χ0n) is 7.06. The fourth-order valence-electron chi connectivity index (χ4n) is 1.28. The predicted molar refractivity (Wildman–Crippen MR) is 58.4 cm³/mol. The van der Waals surface area contributed by atoms with E-state index >= 15 is 0 Å². The smallest absolute Gasteiger partial charge is 0.0475 e. The maximum Gasteiger partial charge on any atom is 0.0475 e. The Bertz CT molecular complexity index is 362. The van der Waals surface area contributed by atoms with E-state index in [-0.39, 0.29) is 6.61 Å². The number of aliphatic hydroxyl groups excluding tert-OH is 1. The number of rotatable bonds is 3. The highest BCUT2D eigenvalue weighted by Gasteiger charge is 2.06. The van der Waals surface area contributed by atoms with E-state index < -0.39 is 0 Å². The van der Waals surface area contributed by atoms with Crippen molar-refractivity contribution in [2.75, 3.05) is 6.61 Å². The van der Waals surface area contributed by atoms with Gasteiger partial charge in [-0.25, -0.2) is 0 Å². The van der Waals surface area contributed by atoms with Crippen molar-refractivity contribution >= 4 is 22.7 Å². The molecule has 1 N–H and O–H groups in total. The van der Waals surface area contributed by atoms with Gasteiger partial charge in [0.2, 0.25) is 0 Å². The molecule has 0 aliphatic rings. The van der Waals surface area contributed by atoms with Crippen LogP contribution in [0.25, 0.3) is 9.75 Å². The summed E-state index contributed by atoms with van der Waals surface area (Å²) in [6.45, 7) is 0.231. The molecule has 68 valence electrons. The van der Waals surface area contributed by atoms with E-state index in [4.69, 9.17) is 5.11 Å². The Hall–Kier alpha value is -0.640. The molecular formula is C10H10OS2. The molecule has 0 atom stereocenters. The van der Waals surface area contributed by atoms with Gasteiger partial charge in [0.15, 0.2) is 0 Å². The van der Waals surface area contributed by atoms with Gasteiger partial charge in [0, 0.05) is 16.4 Å². The highest BCUT2D eigenvalue weighted by atomic mass is 32.1. The van der Waals surface area contributed by atoms with Gasteiger partial charge in [0.05, 0.1) is 0 Å². The summed E-state index contributed by atoms with van der Waals surface area (Å²) in [7, 11) is 0. The van der Waals surface area contributed by atoms with Crippen LogP contribution in [0.5, 0.6) is 0 Å². The number of hydrogen-bond acceptors (Lipinski definition) is 3. The molecule has 0 saturated carbocycles. The fraction of sp³-hybridized carbons (Fsp3) is 0.200. The van der Waals surface area contributed by atoms with E-state index in [1.165, 1.54) is 15.3 Å². The van der Waals surface area contributed by atoms with Crippen molar-refractivity contribution in [1.82, 2.24) is 0 Å². The summed E-state index contributed by atoms with van der Waals surface area (Å²) in [5.41, 5.74) is 1.26. The minimum absolute atomic E-state index is 0.231. The topological polar surface area (TPSA) is 20.2 Å². The van der Waals surface area contributed by atoms with Gasteiger partial charge in [-0.15, -0.1) is 22.7 Å². The molecule has 2 rings (SSSR count). The van der Waals surface area contributed by atoms with Crippen LogP contribution in [0.2, 0.25) is 0 Å². The Kier molecular flexibility index (Phi) is 2.78. The van der Waals surface area contributed by atoms with Crippen LogP contribution >= 0.6 is 22.7 Å². The second kappa shape index (κ2) is 4.05. The van der Waals surface area contributed by atoms with E-state index in [2.05, 4.69) is 29.0 Å². The van der Waals surface area contributed by atoms with Crippen LogP contribution in [0.15, 0.2) is 29.0 Å². The molecule has 3 heteroatoms. The maximum atomic E-state index is 8.87. The first-order valence-electron chi connectivity index (χ1n) is 4.13. The second-order valence-corrected chi connectivity index (χ2v) is 4.59. The molecular weight excluding hydrogens is 200 g/mol. The van der Waals surface area contributed by atoms with Crippen LogP contribution < -0.4 is 0 Å². The van der Waals surface area contributed by atoms with Crippen molar-refractivity contribution < 1.29 is 5.11 Å². The largest absolute Gasteiger partial charge is 0.396 e. The van der Waals surface area contributed by atoms with Crippen molar-refractivity contribution in [2.45, 2.75) is 6.42 Å². The van der Waals surface area contributed by atoms with Crippen molar-refractivity contribution in [3.8, 4) is 9.75 Å². The van der Waals surface area contributed by atoms with Crippen molar-refractivity contribution in [3.63, 3.8) is 0 Å². The summed E-state index contributed by atoms with van der Waals surface area (Å²) < 4.78 is 0. The summed E-state index contributed by atoms with van der Waals surface area (Å²) in [6, 6.07) is 6.27. The van der Waals surface area contributed by atoms with E-state index in [0.29, 0.717) is 0 Å². The van der Waals surface area contributed by atoms with Crippen LogP contribution in [0.4, 0.5) is 0 Å². The molecule has 0 aromatic carbocycles. The van der Waals surface area contributed by atoms with Gasteiger partial charge in [-0.1, -0.05) is 6.07 Å². The first kappa shape index (κ1) is 8.94. The minimum Gasteiger partial charge on any atom is -0.396 e. The summed E-state index contributed by atoms with van der Waals surface area (Å²) in [4.78, 5) is 2.61. The lowest BCUT2D eigenvalue weighted by atomic mass is 10.2. The quantitative estimate of drug-likeness (QED) is 0.825. The van der Waals surface area contributed by atoms with Crippen molar-refractivity contribution in [1.29, 1.82) is 0 Å². The molecule has 0 amide bonds. The van der Waals surface area contributed by atoms with E-state index in [1.54, 1.807) is 22.7 Å². The molecule has 0 unspecified atom stereocenters. The number of aliphatic hydroxyl groups is 1. The van der Waals surface area contributed by atoms with Crippen LogP contribution in [-0.4, -0.2) is 11.7 Å².